The van der Waals surface area contributed by atoms with Gasteiger partial charge < -0.3 is 15.5 Å². The monoisotopic (exact) mass is 331 g/mol. The molecule has 1 fully saturated rings. The summed E-state index contributed by atoms with van der Waals surface area (Å²) in [5, 5.41) is 4.22. The maximum Gasteiger partial charge on any atom is 0.244 e. The Bertz CT molecular complexity index is 732. The Morgan fingerprint density at radius 2 is 1.79 bits per heavy atom. The van der Waals surface area contributed by atoms with Crippen LogP contribution in [0.5, 0.6) is 0 Å². The summed E-state index contributed by atoms with van der Waals surface area (Å²) in [7, 11) is 0. The van der Waals surface area contributed by atoms with E-state index in [0.29, 0.717) is 18.9 Å². The van der Waals surface area contributed by atoms with Crippen molar-refractivity contribution >= 4 is 17.4 Å². The fraction of sp³-hybridized carbons (Fsp3) is 0.412. The average Bonchev–Trinajstić information content (AvgIpc) is 2.83. The lowest BCUT2D eigenvalue weighted by atomic mass is 10.2. The van der Waals surface area contributed by atoms with Gasteiger partial charge >= 0.3 is 0 Å². The molecule has 2 N–H and O–H groups in total. The molecule has 128 valence electrons. The van der Waals surface area contributed by atoms with Crippen molar-refractivity contribution in [3.63, 3.8) is 0 Å². The molecule has 0 radical (unpaired) electrons. The average molecular weight is 331 g/mol. The van der Waals surface area contributed by atoms with Gasteiger partial charge in [-0.1, -0.05) is 0 Å². The minimum absolute atomic E-state index is 0.0411. The zero-order chi connectivity index (χ0) is 17.3. The minimum Gasteiger partial charge on any atom is -0.382 e. The van der Waals surface area contributed by atoms with E-state index in [9.17, 15) is 9.18 Å². The van der Waals surface area contributed by atoms with Gasteiger partial charge in [-0.25, -0.2) is 4.39 Å². The van der Waals surface area contributed by atoms with E-state index in [0.717, 1.165) is 30.0 Å². The van der Waals surface area contributed by atoms with Crippen LogP contribution < -0.4 is 10.6 Å². The van der Waals surface area contributed by atoms with Crippen molar-refractivity contribution in [2.24, 2.45) is 0 Å². The lowest BCUT2D eigenvalue weighted by molar-refractivity contribution is -0.132. The van der Waals surface area contributed by atoms with Crippen molar-refractivity contribution in [2.75, 3.05) is 36.8 Å². The summed E-state index contributed by atoms with van der Waals surface area (Å²) < 4.78 is 14.7. The van der Waals surface area contributed by atoms with Crippen LogP contribution in [-0.2, 0) is 11.3 Å². The van der Waals surface area contributed by atoms with Crippen LogP contribution in [0.25, 0.3) is 0 Å². The maximum atomic E-state index is 13.0. The molecule has 0 bridgehead atoms. The number of hydrogen-bond acceptors (Lipinski definition) is 4. The molecule has 1 aromatic carbocycles. The first-order chi connectivity index (χ1) is 11.5. The standard InChI is InChI=1S/C17H22FN5O/c1-12-13(2)23(20-17(12)19)11-16(24)22-9-7-21(8-10-22)15-5-3-14(18)4-6-15/h3-6H,7-11H2,1-2H3,(H2,19,20). The summed E-state index contributed by atoms with van der Waals surface area (Å²) in [6.07, 6.45) is 0. The van der Waals surface area contributed by atoms with Crippen LogP contribution in [0, 0.1) is 19.7 Å². The summed E-state index contributed by atoms with van der Waals surface area (Å²) in [6.45, 7) is 6.78. The van der Waals surface area contributed by atoms with Crippen molar-refractivity contribution in [1.82, 2.24) is 14.7 Å². The molecule has 2 aromatic rings. The number of nitrogen functional groups attached to an aromatic ring is 1. The number of benzene rings is 1. The molecule has 1 aromatic heterocycles. The van der Waals surface area contributed by atoms with Crippen LogP contribution >= 0.6 is 0 Å². The van der Waals surface area contributed by atoms with Crippen LogP contribution in [-0.4, -0.2) is 46.8 Å². The lowest BCUT2D eigenvalue weighted by Crippen LogP contribution is -2.49. The molecule has 1 aliphatic heterocycles. The third-order valence-electron chi connectivity index (χ3n) is 4.65. The number of anilines is 2. The second-order valence-electron chi connectivity index (χ2n) is 6.10. The Labute approximate surface area is 140 Å². The first-order valence-corrected chi connectivity index (χ1v) is 8.03. The Balaban J connectivity index is 1.59. The quantitative estimate of drug-likeness (QED) is 0.927. The Hall–Kier alpha value is -2.57. The predicted octanol–water partition coefficient (Wildman–Crippen LogP) is 1.57. The summed E-state index contributed by atoms with van der Waals surface area (Å²) >= 11 is 0. The molecule has 1 aliphatic rings. The van der Waals surface area contributed by atoms with E-state index in [1.54, 1.807) is 16.8 Å². The summed E-state index contributed by atoms with van der Waals surface area (Å²) in [6, 6.07) is 6.46. The van der Waals surface area contributed by atoms with Gasteiger partial charge in [0, 0.05) is 43.1 Å². The molecule has 0 unspecified atom stereocenters. The topological polar surface area (TPSA) is 67.4 Å². The molecule has 0 aliphatic carbocycles. The highest BCUT2D eigenvalue weighted by Gasteiger charge is 2.22. The number of hydrogen-bond donors (Lipinski definition) is 1. The molecule has 3 rings (SSSR count). The summed E-state index contributed by atoms with van der Waals surface area (Å²) in [5.41, 5.74) is 8.62. The van der Waals surface area contributed by atoms with Gasteiger partial charge in [-0.15, -0.1) is 0 Å². The van der Waals surface area contributed by atoms with Crippen LogP contribution in [0.1, 0.15) is 11.3 Å². The molecule has 0 saturated carbocycles. The van der Waals surface area contributed by atoms with Crippen LogP contribution in [0.4, 0.5) is 15.9 Å². The van der Waals surface area contributed by atoms with E-state index in [-0.39, 0.29) is 18.3 Å². The second-order valence-corrected chi connectivity index (χ2v) is 6.10. The second kappa shape index (κ2) is 6.51. The van der Waals surface area contributed by atoms with E-state index >= 15 is 0 Å². The number of rotatable bonds is 3. The van der Waals surface area contributed by atoms with Gasteiger partial charge in [0.2, 0.25) is 5.91 Å². The van der Waals surface area contributed by atoms with Gasteiger partial charge in [0.1, 0.15) is 18.2 Å². The normalized spacial score (nSPS) is 15.0. The number of piperazine rings is 1. The highest BCUT2D eigenvalue weighted by atomic mass is 19.1. The molecular formula is C17H22FN5O. The lowest BCUT2D eigenvalue weighted by Gasteiger charge is -2.36. The van der Waals surface area contributed by atoms with Crippen molar-refractivity contribution in [3.8, 4) is 0 Å². The van der Waals surface area contributed by atoms with E-state index < -0.39 is 0 Å². The number of nitrogens with two attached hydrogens (primary N) is 1. The van der Waals surface area contributed by atoms with Crippen LogP contribution in [0.15, 0.2) is 24.3 Å². The third kappa shape index (κ3) is 3.20. The van der Waals surface area contributed by atoms with Crippen molar-refractivity contribution in [1.29, 1.82) is 0 Å². The Morgan fingerprint density at radius 1 is 1.17 bits per heavy atom. The smallest absolute Gasteiger partial charge is 0.244 e. The molecule has 6 nitrogen and oxygen atoms in total. The van der Waals surface area contributed by atoms with Gasteiger partial charge in [-0.3, -0.25) is 9.48 Å². The maximum absolute atomic E-state index is 13.0. The van der Waals surface area contributed by atoms with E-state index in [2.05, 4.69) is 10.00 Å². The SMILES string of the molecule is Cc1c(N)nn(CC(=O)N2CCN(c3ccc(F)cc3)CC2)c1C. The van der Waals surface area contributed by atoms with Crippen LogP contribution in [0.2, 0.25) is 0 Å². The molecule has 1 saturated heterocycles. The first-order valence-electron chi connectivity index (χ1n) is 8.03. The zero-order valence-corrected chi connectivity index (χ0v) is 14.0. The molecule has 0 atom stereocenters. The highest BCUT2D eigenvalue weighted by Crippen LogP contribution is 2.18. The van der Waals surface area contributed by atoms with E-state index in [4.69, 9.17) is 5.73 Å². The summed E-state index contributed by atoms with van der Waals surface area (Å²) in [5.74, 6) is 0.275. The fourth-order valence-electron chi connectivity index (χ4n) is 2.91. The number of halogens is 1. The number of carbonyl (C=O) groups excluding carboxylic acids is 1. The molecular weight excluding hydrogens is 309 g/mol. The van der Waals surface area contributed by atoms with Crippen molar-refractivity contribution < 1.29 is 9.18 Å². The molecule has 0 spiro atoms. The number of carbonyl (C=O) groups is 1. The minimum atomic E-state index is -0.239. The molecule has 24 heavy (non-hydrogen) atoms. The summed E-state index contributed by atoms with van der Waals surface area (Å²) in [4.78, 5) is 16.5. The largest absolute Gasteiger partial charge is 0.382 e. The highest BCUT2D eigenvalue weighted by molar-refractivity contribution is 5.76. The van der Waals surface area contributed by atoms with Gasteiger partial charge in [0.25, 0.3) is 0 Å². The Morgan fingerprint density at radius 3 is 2.33 bits per heavy atom. The van der Waals surface area contributed by atoms with Gasteiger partial charge in [-0.2, -0.15) is 5.10 Å². The number of nitrogens with zero attached hydrogens (tertiary/aromatic N) is 4. The molecule has 2 heterocycles. The van der Waals surface area contributed by atoms with Crippen molar-refractivity contribution in [2.45, 2.75) is 20.4 Å². The van der Waals surface area contributed by atoms with Gasteiger partial charge in [0.05, 0.1) is 0 Å². The van der Waals surface area contributed by atoms with Crippen LogP contribution in [0.3, 0.4) is 0 Å². The molecule has 7 heteroatoms. The first kappa shape index (κ1) is 16.3. The fourth-order valence-corrected chi connectivity index (χ4v) is 2.91. The predicted molar refractivity (Wildman–Crippen MR) is 91.3 cm³/mol. The molecule has 1 amide bonds. The van der Waals surface area contributed by atoms with E-state index in [1.807, 2.05) is 18.7 Å². The van der Waals surface area contributed by atoms with Crippen molar-refractivity contribution in [3.05, 3.63) is 41.3 Å². The van der Waals surface area contributed by atoms with Gasteiger partial charge in [-0.05, 0) is 38.1 Å². The number of amides is 1. The number of aromatic nitrogens is 2. The third-order valence-corrected chi connectivity index (χ3v) is 4.65. The van der Waals surface area contributed by atoms with E-state index in [1.165, 1.54) is 12.1 Å². The van der Waals surface area contributed by atoms with Gasteiger partial charge in [0.15, 0.2) is 0 Å². The zero-order valence-electron chi connectivity index (χ0n) is 14.0. The Kier molecular flexibility index (Phi) is 4.42.